The van der Waals surface area contributed by atoms with Crippen molar-refractivity contribution in [1.29, 1.82) is 0 Å². The number of carbonyl (C=O) groups excluding carboxylic acids is 1. The third kappa shape index (κ3) is 5.94. The first kappa shape index (κ1) is 27.1. The molecule has 0 saturated carbocycles. The van der Waals surface area contributed by atoms with E-state index in [2.05, 4.69) is 26.3 Å². The summed E-state index contributed by atoms with van der Waals surface area (Å²) in [6.07, 6.45) is 2.31. The van der Waals surface area contributed by atoms with E-state index in [0.29, 0.717) is 33.8 Å². The molecule has 0 aliphatic rings. The standard InChI is InChI=1S/C29H29BrN4O4/c1-5-18(2)28-33-24-14-13-21(30)15-22(24)29(36)34(28)31-16-20-10-8-12-25(37-4)27(20)38-17-26(35)32-23-11-7-6-9-19(23)3/h6-16,18H,5,17H2,1-4H3,(H,32,35)/t18-/m0/s1. The number of ether oxygens (including phenoxy) is 2. The summed E-state index contributed by atoms with van der Waals surface area (Å²) >= 11 is 3.43. The van der Waals surface area contributed by atoms with Gasteiger partial charge in [-0.2, -0.15) is 9.78 Å². The van der Waals surface area contributed by atoms with Gasteiger partial charge in [-0.1, -0.05) is 54.0 Å². The lowest BCUT2D eigenvalue weighted by molar-refractivity contribution is -0.118. The van der Waals surface area contributed by atoms with Gasteiger partial charge in [-0.15, -0.1) is 0 Å². The minimum atomic E-state index is -0.312. The molecular formula is C29H29BrN4O4. The Balaban J connectivity index is 1.68. The average molecular weight is 577 g/mol. The molecule has 0 aliphatic heterocycles. The van der Waals surface area contributed by atoms with Crippen LogP contribution in [0, 0.1) is 6.92 Å². The van der Waals surface area contributed by atoms with Crippen molar-refractivity contribution in [3.63, 3.8) is 0 Å². The Morgan fingerprint density at radius 2 is 1.97 bits per heavy atom. The number of carbonyl (C=O) groups is 1. The smallest absolute Gasteiger partial charge is 0.282 e. The summed E-state index contributed by atoms with van der Waals surface area (Å²) in [6, 6.07) is 18.2. The van der Waals surface area contributed by atoms with Crippen LogP contribution in [0.15, 0.2) is 75.0 Å². The second kappa shape index (κ2) is 12.0. The van der Waals surface area contributed by atoms with Crippen molar-refractivity contribution in [3.05, 3.63) is 92.4 Å². The van der Waals surface area contributed by atoms with Gasteiger partial charge < -0.3 is 14.8 Å². The fraction of sp³-hybridized carbons (Fsp3) is 0.241. The van der Waals surface area contributed by atoms with E-state index < -0.39 is 0 Å². The van der Waals surface area contributed by atoms with Gasteiger partial charge in [-0.05, 0) is 55.3 Å². The third-order valence-electron chi connectivity index (χ3n) is 6.19. The molecule has 0 radical (unpaired) electrons. The van der Waals surface area contributed by atoms with Gasteiger partial charge in [0.25, 0.3) is 11.5 Å². The zero-order valence-electron chi connectivity index (χ0n) is 21.7. The molecule has 0 bridgehead atoms. The number of benzene rings is 3. The van der Waals surface area contributed by atoms with E-state index in [1.54, 1.807) is 24.3 Å². The zero-order valence-corrected chi connectivity index (χ0v) is 23.3. The van der Waals surface area contributed by atoms with Gasteiger partial charge in [0.05, 0.1) is 24.2 Å². The van der Waals surface area contributed by atoms with Gasteiger partial charge in [0.15, 0.2) is 18.1 Å². The van der Waals surface area contributed by atoms with Crippen LogP contribution in [0.5, 0.6) is 11.5 Å². The highest BCUT2D eigenvalue weighted by molar-refractivity contribution is 9.10. The minimum Gasteiger partial charge on any atom is -0.493 e. The number of methoxy groups -OCH3 is 1. The molecular weight excluding hydrogens is 548 g/mol. The van der Waals surface area contributed by atoms with Crippen molar-refractivity contribution in [2.45, 2.75) is 33.1 Å². The second-order valence-corrected chi connectivity index (χ2v) is 9.75. The summed E-state index contributed by atoms with van der Waals surface area (Å²) in [5.74, 6) is 1.03. The topological polar surface area (TPSA) is 94.8 Å². The van der Waals surface area contributed by atoms with Crippen molar-refractivity contribution in [2.24, 2.45) is 5.10 Å². The van der Waals surface area contributed by atoms with Crippen molar-refractivity contribution in [3.8, 4) is 11.5 Å². The summed E-state index contributed by atoms with van der Waals surface area (Å²) in [5.41, 5.74) is 2.56. The number of amides is 1. The number of hydrogen-bond acceptors (Lipinski definition) is 6. The first-order valence-corrected chi connectivity index (χ1v) is 13.0. The lowest BCUT2D eigenvalue weighted by Crippen LogP contribution is -2.24. The monoisotopic (exact) mass is 576 g/mol. The zero-order chi connectivity index (χ0) is 27.2. The second-order valence-electron chi connectivity index (χ2n) is 8.83. The van der Waals surface area contributed by atoms with Gasteiger partial charge in [0.2, 0.25) is 0 Å². The SMILES string of the molecule is CC[C@H](C)c1nc2ccc(Br)cc2c(=O)n1N=Cc1cccc(OC)c1OCC(=O)Nc1ccccc1C. The number of para-hydroxylation sites is 2. The molecule has 9 heteroatoms. The predicted molar refractivity (Wildman–Crippen MR) is 154 cm³/mol. The largest absolute Gasteiger partial charge is 0.493 e. The molecule has 1 atom stereocenters. The highest BCUT2D eigenvalue weighted by Crippen LogP contribution is 2.30. The summed E-state index contributed by atoms with van der Waals surface area (Å²) in [6.45, 7) is 5.72. The summed E-state index contributed by atoms with van der Waals surface area (Å²) in [5, 5.41) is 7.84. The first-order valence-electron chi connectivity index (χ1n) is 12.2. The number of anilines is 1. The molecule has 0 spiro atoms. The molecule has 0 saturated heterocycles. The molecule has 1 aromatic heterocycles. The molecule has 196 valence electrons. The maximum absolute atomic E-state index is 13.4. The van der Waals surface area contributed by atoms with Gasteiger partial charge in [0.1, 0.15) is 5.82 Å². The Morgan fingerprint density at radius 1 is 1.18 bits per heavy atom. The number of fused-ring (bicyclic) bond motifs is 1. The van der Waals surface area contributed by atoms with E-state index in [1.807, 2.05) is 57.2 Å². The van der Waals surface area contributed by atoms with E-state index in [1.165, 1.54) is 18.0 Å². The normalized spacial score (nSPS) is 12.0. The van der Waals surface area contributed by atoms with Crippen LogP contribution >= 0.6 is 15.9 Å². The fourth-order valence-electron chi connectivity index (χ4n) is 3.89. The van der Waals surface area contributed by atoms with E-state index in [-0.39, 0.29) is 24.0 Å². The molecule has 8 nitrogen and oxygen atoms in total. The number of nitrogens with zero attached hydrogens (tertiary/aromatic N) is 3. The van der Waals surface area contributed by atoms with Crippen molar-refractivity contribution >= 4 is 44.6 Å². The van der Waals surface area contributed by atoms with Gasteiger partial charge in [-0.25, -0.2) is 4.98 Å². The molecule has 0 fully saturated rings. The quantitative estimate of drug-likeness (QED) is 0.251. The number of aryl methyl sites for hydroxylation is 1. The van der Waals surface area contributed by atoms with E-state index in [0.717, 1.165) is 22.1 Å². The maximum Gasteiger partial charge on any atom is 0.282 e. The number of hydrogen-bond donors (Lipinski definition) is 1. The van der Waals surface area contributed by atoms with Crippen LogP contribution in [-0.4, -0.2) is 35.5 Å². The van der Waals surface area contributed by atoms with Crippen molar-refractivity contribution in [1.82, 2.24) is 9.66 Å². The van der Waals surface area contributed by atoms with E-state index in [4.69, 9.17) is 14.5 Å². The Bertz CT molecular complexity index is 1560. The molecule has 3 aromatic carbocycles. The average Bonchev–Trinajstić information content (AvgIpc) is 2.92. The molecule has 4 rings (SSSR count). The van der Waals surface area contributed by atoms with Crippen LogP contribution in [0.1, 0.15) is 43.1 Å². The van der Waals surface area contributed by atoms with E-state index in [9.17, 15) is 9.59 Å². The Labute approximate surface area is 229 Å². The molecule has 4 aromatic rings. The van der Waals surface area contributed by atoms with Crippen LogP contribution in [0.25, 0.3) is 10.9 Å². The van der Waals surface area contributed by atoms with Crippen molar-refractivity contribution < 1.29 is 14.3 Å². The Morgan fingerprint density at radius 3 is 2.71 bits per heavy atom. The summed E-state index contributed by atoms with van der Waals surface area (Å²) in [4.78, 5) is 30.8. The molecule has 1 amide bonds. The minimum absolute atomic E-state index is 0.000865. The molecule has 38 heavy (non-hydrogen) atoms. The van der Waals surface area contributed by atoms with Gasteiger partial charge in [-0.3, -0.25) is 9.59 Å². The van der Waals surface area contributed by atoms with Crippen LogP contribution in [-0.2, 0) is 4.79 Å². The Hall–Kier alpha value is -3.98. The predicted octanol–water partition coefficient (Wildman–Crippen LogP) is 5.89. The number of aromatic nitrogens is 2. The lowest BCUT2D eigenvalue weighted by atomic mass is 10.1. The van der Waals surface area contributed by atoms with Crippen LogP contribution in [0.2, 0.25) is 0 Å². The van der Waals surface area contributed by atoms with Crippen molar-refractivity contribution in [2.75, 3.05) is 19.0 Å². The number of rotatable bonds is 9. The first-order chi connectivity index (χ1) is 18.3. The van der Waals surface area contributed by atoms with Gasteiger partial charge in [0, 0.05) is 21.6 Å². The Kier molecular flexibility index (Phi) is 8.58. The third-order valence-corrected chi connectivity index (χ3v) is 6.69. The van der Waals surface area contributed by atoms with E-state index >= 15 is 0 Å². The highest BCUT2D eigenvalue weighted by atomic mass is 79.9. The van der Waals surface area contributed by atoms with Crippen LogP contribution in [0.4, 0.5) is 5.69 Å². The maximum atomic E-state index is 13.4. The molecule has 1 heterocycles. The summed E-state index contributed by atoms with van der Waals surface area (Å²) in [7, 11) is 1.52. The molecule has 1 N–H and O–H groups in total. The lowest BCUT2D eigenvalue weighted by Gasteiger charge is -2.15. The number of halogens is 1. The van der Waals surface area contributed by atoms with Crippen LogP contribution in [0.3, 0.4) is 0 Å². The van der Waals surface area contributed by atoms with Crippen LogP contribution < -0.4 is 20.3 Å². The number of nitrogens with one attached hydrogen (secondary N) is 1. The molecule has 0 aliphatic carbocycles. The fourth-order valence-corrected chi connectivity index (χ4v) is 4.25. The van der Waals surface area contributed by atoms with Gasteiger partial charge >= 0.3 is 0 Å². The summed E-state index contributed by atoms with van der Waals surface area (Å²) < 4.78 is 13.5. The molecule has 0 unspecified atom stereocenters. The highest BCUT2D eigenvalue weighted by Gasteiger charge is 2.17.